The van der Waals surface area contributed by atoms with Gasteiger partial charge in [-0.25, -0.2) is 4.68 Å². The van der Waals surface area contributed by atoms with E-state index in [4.69, 9.17) is 0 Å². The Morgan fingerprint density at radius 1 is 1.30 bits per heavy atom. The third-order valence-corrected chi connectivity index (χ3v) is 3.83. The molecule has 0 saturated carbocycles. The molecular formula is C15H19N3OS. The summed E-state index contributed by atoms with van der Waals surface area (Å²) in [7, 11) is 0. The maximum absolute atomic E-state index is 12.0. The lowest BCUT2D eigenvalue weighted by Crippen LogP contribution is -2.18. The molecule has 0 atom stereocenters. The maximum Gasteiger partial charge on any atom is 0.235 e. The minimum Gasteiger partial charge on any atom is -0.310 e. The lowest BCUT2D eigenvalue weighted by Gasteiger charge is -2.11. The molecule has 0 unspecified atom stereocenters. The van der Waals surface area contributed by atoms with Crippen molar-refractivity contribution in [1.82, 2.24) is 9.78 Å². The summed E-state index contributed by atoms with van der Waals surface area (Å²) in [4.78, 5) is 13.1. The molecule has 1 amide bonds. The van der Waals surface area contributed by atoms with Gasteiger partial charge in [-0.2, -0.15) is 5.10 Å². The first-order chi connectivity index (χ1) is 9.56. The predicted molar refractivity (Wildman–Crippen MR) is 83.1 cm³/mol. The van der Waals surface area contributed by atoms with E-state index < -0.39 is 0 Å². The number of thioether (sulfide) groups is 1. The normalized spacial score (nSPS) is 10.8. The quantitative estimate of drug-likeness (QED) is 0.857. The molecule has 2 rings (SSSR count). The van der Waals surface area contributed by atoms with Gasteiger partial charge in [-0.3, -0.25) is 4.79 Å². The first-order valence-electron chi connectivity index (χ1n) is 6.59. The van der Waals surface area contributed by atoms with E-state index in [2.05, 4.69) is 10.4 Å². The number of nitrogens with one attached hydrogen (secondary N) is 1. The van der Waals surface area contributed by atoms with Gasteiger partial charge >= 0.3 is 0 Å². The van der Waals surface area contributed by atoms with Crippen LogP contribution < -0.4 is 5.32 Å². The average molecular weight is 289 g/mol. The Labute approximate surface area is 123 Å². The van der Waals surface area contributed by atoms with Crippen LogP contribution in [0.5, 0.6) is 0 Å². The molecule has 0 spiro atoms. The molecule has 0 aliphatic rings. The van der Waals surface area contributed by atoms with Crippen molar-refractivity contribution >= 4 is 23.5 Å². The van der Waals surface area contributed by atoms with Crippen LogP contribution >= 0.6 is 11.8 Å². The number of amides is 1. The highest BCUT2D eigenvalue weighted by Crippen LogP contribution is 2.19. The van der Waals surface area contributed by atoms with E-state index in [1.165, 1.54) is 17.3 Å². The summed E-state index contributed by atoms with van der Waals surface area (Å²) in [5, 5.41) is 7.09. The van der Waals surface area contributed by atoms with Gasteiger partial charge in [-0.15, -0.1) is 11.8 Å². The molecule has 20 heavy (non-hydrogen) atoms. The molecule has 5 heteroatoms. The van der Waals surface area contributed by atoms with Gasteiger partial charge in [-0.05, 0) is 32.9 Å². The van der Waals surface area contributed by atoms with Crippen LogP contribution in [0.25, 0.3) is 0 Å². The average Bonchev–Trinajstić information content (AvgIpc) is 2.86. The van der Waals surface area contributed by atoms with Gasteiger partial charge in [0.1, 0.15) is 5.82 Å². The predicted octanol–water partition coefficient (Wildman–Crippen LogP) is 3.50. The lowest BCUT2D eigenvalue weighted by atomic mass is 10.2. The van der Waals surface area contributed by atoms with Gasteiger partial charge in [0.05, 0.1) is 11.9 Å². The molecule has 4 nitrogen and oxygen atoms in total. The van der Waals surface area contributed by atoms with E-state index >= 15 is 0 Å². The van der Waals surface area contributed by atoms with Crippen molar-refractivity contribution in [3.05, 3.63) is 42.1 Å². The Morgan fingerprint density at radius 2 is 2.00 bits per heavy atom. The van der Waals surface area contributed by atoms with E-state index in [1.807, 2.05) is 51.1 Å². The number of benzene rings is 1. The van der Waals surface area contributed by atoms with Crippen molar-refractivity contribution in [2.75, 3.05) is 11.1 Å². The Balaban J connectivity index is 1.89. The Morgan fingerprint density at radius 3 is 2.65 bits per heavy atom. The van der Waals surface area contributed by atoms with Crippen molar-refractivity contribution in [3.63, 3.8) is 0 Å². The summed E-state index contributed by atoms with van der Waals surface area (Å²) in [5.41, 5.74) is 1.22. The van der Waals surface area contributed by atoms with E-state index in [0.717, 1.165) is 10.7 Å². The molecule has 0 fully saturated rings. The SMILES string of the molecule is Cc1ccc(SCC(=O)Nc2ccnn2C(C)C)cc1. The summed E-state index contributed by atoms with van der Waals surface area (Å²) < 4.78 is 1.80. The standard InChI is InChI=1S/C15H19N3OS/c1-11(2)18-14(8-9-16-18)17-15(19)10-20-13-6-4-12(3)5-7-13/h4-9,11H,10H2,1-3H3,(H,17,19). The van der Waals surface area contributed by atoms with Gasteiger partial charge < -0.3 is 5.32 Å². The van der Waals surface area contributed by atoms with Crippen LogP contribution in [0.3, 0.4) is 0 Å². The third kappa shape index (κ3) is 3.87. The van der Waals surface area contributed by atoms with Gasteiger partial charge in [0, 0.05) is 17.0 Å². The summed E-state index contributed by atoms with van der Waals surface area (Å²) in [5.74, 6) is 1.12. The van der Waals surface area contributed by atoms with Crippen LogP contribution in [0, 0.1) is 6.92 Å². The molecule has 0 radical (unpaired) electrons. The van der Waals surface area contributed by atoms with E-state index in [9.17, 15) is 4.79 Å². The molecule has 1 aromatic heterocycles. The monoisotopic (exact) mass is 289 g/mol. The lowest BCUT2D eigenvalue weighted by molar-refractivity contribution is -0.113. The largest absolute Gasteiger partial charge is 0.310 e. The molecule has 1 aromatic carbocycles. The van der Waals surface area contributed by atoms with Crippen LogP contribution in [-0.2, 0) is 4.79 Å². The molecule has 0 aliphatic carbocycles. The highest BCUT2D eigenvalue weighted by atomic mass is 32.2. The Hall–Kier alpha value is -1.75. The van der Waals surface area contributed by atoms with Crippen molar-refractivity contribution < 1.29 is 4.79 Å². The molecule has 2 aromatic rings. The number of carbonyl (C=O) groups excluding carboxylic acids is 1. The zero-order valence-corrected chi connectivity index (χ0v) is 12.8. The number of nitrogens with zero attached hydrogens (tertiary/aromatic N) is 2. The van der Waals surface area contributed by atoms with E-state index in [-0.39, 0.29) is 11.9 Å². The maximum atomic E-state index is 12.0. The number of hydrogen-bond donors (Lipinski definition) is 1. The highest BCUT2D eigenvalue weighted by molar-refractivity contribution is 8.00. The molecule has 1 N–H and O–H groups in total. The van der Waals surface area contributed by atoms with Crippen LogP contribution in [0.15, 0.2) is 41.4 Å². The van der Waals surface area contributed by atoms with Crippen molar-refractivity contribution in [3.8, 4) is 0 Å². The van der Waals surface area contributed by atoms with Crippen LogP contribution in [0.4, 0.5) is 5.82 Å². The van der Waals surface area contributed by atoms with Crippen LogP contribution in [-0.4, -0.2) is 21.4 Å². The smallest absolute Gasteiger partial charge is 0.235 e. The number of carbonyl (C=O) groups is 1. The third-order valence-electron chi connectivity index (χ3n) is 2.82. The number of hydrogen-bond acceptors (Lipinski definition) is 3. The molecule has 106 valence electrons. The van der Waals surface area contributed by atoms with Crippen molar-refractivity contribution in [1.29, 1.82) is 0 Å². The van der Waals surface area contributed by atoms with E-state index in [0.29, 0.717) is 5.75 Å². The summed E-state index contributed by atoms with van der Waals surface area (Å²) in [6, 6.07) is 10.2. The fourth-order valence-corrected chi connectivity index (χ4v) is 2.49. The zero-order valence-electron chi connectivity index (χ0n) is 12.0. The molecule has 0 saturated heterocycles. The van der Waals surface area contributed by atoms with Crippen LogP contribution in [0.1, 0.15) is 25.5 Å². The number of aromatic nitrogens is 2. The summed E-state index contributed by atoms with van der Waals surface area (Å²) in [6.45, 7) is 6.11. The van der Waals surface area contributed by atoms with Gasteiger partial charge in [0.15, 0.2) is 0 Å². The van der Waals surface area contributed by atoms with Gasteiger partial charge in [0.2, 0.25) is 5.91 Å². The minimum absolute atomic E-state index is 0.0158. The number of anilines is 1. The van der Waals surface area contributed by atoms with E-state index in [1.54, 1.807) is 10.9 Å². The highest BCUT2D eigenvalue weighted by Gasteiger charge is 2.09. The Bertz CT molecular complexity index is 575. The zero-order chi connectivity index (χ0) is 14.5. The van der Waals surface area contributed by atoms with Crippen molar-refractivity contribution in [2.45, 2.75) is 31.7 Å². The topological polar surface area (TPSA) is 46.9 Å². The second kappa shape index (κ2) is 6.61. The fraction of sp³-hybridized carbons (Fsp3) is 0.333. The Kier molecular flexibility index (Phi) is 4.84. The first kappa shape index (κ1) is 14.7. The molecule has 0 aliphatic heterocycles. The van der Waals surface area contributed by atoms with Crippen molar-refractivity contribution in [2.24, 2.45) is 0 Å². The second-order valence-corrected chi connectivity index (χ2v) is 5.95. The molecular weight excluding hydrogens is 270 g/mol. The first-order valence-corrected chi connectivity index (χ1v) is 7.57. The molecule has 1 heterocycles. The van der Waals surface area contributed by atoms with Gasteiger partial charge in [0.25, 0.3) is 0 Å². The van der Waals surface area contributed by atoms with Crippen LogP contribution in [0.2, 0.25) is 0 Å². The number of aryl methyl sites for hydroxylation is 1. The molecule has 0 bridgehead atoms. The number of rotatable bonds is 5. The minimum atomic E-state index is -0.0158. The van der Waals surface area contributed by atoms with Gasteiger partial charge in [-0.1, -0.05) is 17.7 Å². The fourth-order valence-electron chi connectivity index (χ4n) is 1.79. The summed E-state index contributed by atoms with van der Waals surface area (Å²) >= 11 is 1.53. The second-order valence-electron chi connectivity index (χ2n) is 4.90. The summed E-state index contributed by atoms with van der Waals surface area (Å²) in [6.07, 6.45) is 1.70.